The third-order valence-corrected chi connectivity index (χ3v) is 5.88. The lowest BCUT2D eigenvalue weighted by Gasteiger charge is -2.10. The van der Waals surface area contributed by atoms with E-state index in [0.717, 1.165) is 22.2 Å². The number of hydrogen-bond donors (Lipinski definition) is 3. The largest absolute Gasteiger partial charge is 0.358 e. The standard InChI is InChI=1S/C20H23N3O3S/c1-13(2)23-27(25,26)16-10-8-15(9-11-16)22-20(24)12-18-14(3)21-19-7-5-4-6-17(18)19/h4-11,13,21,23H,12H2,1-3H3,(H,22,24). The van der Waals surface area contributed by atoms with Crippen LogP contribution in [0.4, 0.5) is 5.69 Å². The fraction of sp³-hybridized carbons (Fsp3) is 0.250. The number of aromatic amines is 1. The Morgan fingerprint density at radius 2 is 1.74 bits per heavy atom. The predicted octanol–water partition coefficient (Wildman–Crippen LogP) is 3.34. The third kappa shape index (κ3) is 4.37. The van der Waals surface area contributed by atoms with E-state index in [1.165, 1.54) is 12.1 Å². The average Bonchev–Trinajstić information content (AvgIpc) is 2.90. The number of aromatic nitrogens is 1. The summed E-state index contributed by atoms with van der Waals surface area (Å²) in [4.78, 5) is 15.9. The van der Waals surface area contributed by atoms with Crippen LogP contribution in [-0.4, -0.2) is 25.4 Å². The zero-order valence-corrected chi connectivity index (χ0v) is 16.4. The summed E-state index contributed by atoms with van der Waals surface area (Å²) in [6.07, 6.45) is 0.241. The van der Waals surface area contributed by atoms with E-state index in [-0.39, 0.29) is 23.3 Å². The van der Waals surface area contributed by atoms with Gasteiger partial charge in [-0.25, -0.2) is 13.1 Å². The molecule has 3 rings (SSSR count). The van der Waals surface area contributed by atoms with E-state index in [4.69, 9.17) is 0 Å². The molecule has 1 amide bonds. The van der Waals surface area contributed by atoms with Crippen LogP contribution in [0.2, 0.25) is 0 Å². The van der Waals surface area contributed by atoms with E-state index >= 15 is 0 Å². The molecule has 2 aromatic carbocycles. The number of carbonyl (C=O) groups excluding carboxylic acids is 1. The second-order valence-corrected chi connectivity index (χ2v) is 8.51. The number of anilines is 1. The highest BCUT2D eigenvalue weighted by atomic mass is 32.2. The summed E-state index contributed by atoms with van der Waals surface area (Å²) in [5.74, 6) is -0.154. The number of fused-ring (bicyclic) bond motifs is 1. The molecule has 142 valence electrons. The highest BCUT2D eigenvalue weighted by Crippen LogP contribution is 2.23. The van der Waals surface area contributed by atoms with Crippen LogP contribution >= 0.6 is 0 Å². The number of H-pyrrole nitrogens is 1. The predicted molar refractivity (Wildman–Crippen MR) is 107 cm³/mol. The number of sulfonamides is 1. The molecule has 0 fully saturated rings. The van der Waals surface area contributed by atoms with Gasteiger partial charge in [0, 0.05) is 28.3 Å². The summed E-state index contributed by atoms with van der Waals surface area (Å²) in [5.41, 5.74) is 3.49. The van der Waals surface area contributed by atoms with Gasteiger partial charge in [-0.1, -0.05) is 18.2 Å². The van der Waals surface area contributed by atoms with Crippen molar-refractivity contribution in [3.63, 3.8) is 0 Å². The maximum atomic E-state index is 12.4. The van der Waals surface area contributed by atoms with Crippen LogP contribution < -0.4 is 10.0 Å². The van der Waals surface area contributed by atoms with Gasteiger partial charge in [-0.05, 0) is 56.7 Å². The van der Waals surface area contributed by atoms with Crippen molar-refractivity contribution < 1.29 is 13.2 Å². The van der Waals surface area contributed by atoms with E-state index in [0.29, 0.717) is 5.69 Å². The normalized spacial score (nSPS) is 11.9. The van der Waals surface area contributed by atoms with Crippen LogP contribution in [0.5, 0.6) is 0 Å². The number of aryl methyl sites for hydroxylation is 1. The van der Waals surface area contributed by atoms with Crippen LogP contribution in [0.1, 0.15) is 25.1 Å². The minimum atomic E-state index is -3.54. The Balaban J connectivity index is 1.72. The molecule has 0 atom stereocenters. The first-order valence-electron chi connectivity index (χ1n) is 8.74. The Kier molecular flexibility index (Phi) is 5.34. The molecule has 27 heavy (non-hydrogen) atoms. The van der Waals surface area contributed by atoms with Gasteiger partial charge >= 0.3 is 0 Å². The number of hydrogen-bond acceptors (Lipinski definition) is 3. The van der Waals surface area contributed by atoms with Gasteiger partial charge in [-0.15, -0.1) is 0 Å². The summed E-state index contributed by atoms with van der Waals surface area (Å²) < 4.78 is 26.8. The molecule has 3 N–H and O–H groups in total. The summed E-state index contributed by atoms with van der Waals surface area (Å²) >= 11 is 0. The average molecular weight is 385 g/mol. The van der Waals surface area contributed by atoms with Crippen molar-refractivity contribution in [3.05, 3.63) is 59.8 Å². The molecule has 0 aliphatic heterocycles. The van der Waals surface area contributed by atoms with Crippen molar-refractivity contribution in [2.75, 3.05) is 5.32 Å². The van der Waals surface area contributed by atoms with Gasteiger partial charge in [-0.2, -0.15) is 0 Å². The molecule has 0 saturated carbocycles. The van der Waals surface area contributed by atoms with Crippen LogP contribution in [0.3, 0.4) is 0 Å². The molecular weight excluding hydrogens is 362 g/mol. The van der Waals surface area contributed by atoms with Gasteiger partial charge in [0.25, 0.3) is 0 Å². The van der Waals surface area contributed by atoms with Crippen molar-refractivity contribution in [2.24, 2.45) is 0 Å². The Morgan fingerprint density at radius 3 is 2.41 bits per heavy atom. The summed E-state index contributed by atoms with van der Waals surface area (Å²) in [7, 11) is -3.54. The van der Waals surface area contributed by atoms with E-state index in [9.17, 15) is 13.2 Å². The molecule has 0 unspecified atom stereocenters. The summed E-state index contributed by atoms with van der Waals surface area (Å²) in [6, 6.07) is 13.8. The van der Waals surface area contributed by atoms with Crippen LogP contribution in [0.15, 0.2) is 53.4 Å². The van der Waals surface area contributed by atoms with Gasteiger partial charge in [0.15, 0.2) is 0 Å². The van der Waals surface area contributed by atoms with Gasteiger partial charge in [-0.3, -0.25) is 4.79 Å². The van der Waals surface area contributed by atoms with E-state index in [1.807, 2.05) is 31.2 Å². The summed E-state index contributed by atoms with van der Waals surface area (Å²) in [5, 5.41) is 3.86. The topological polar surface area (TPSA) is 91.1 Å². The number of para-hydroxylation sites is 1. The second kappa shape index (κ2) is 7.54. The number of benzene rings is 2. The number of amides is 1. The maximum absolute atomic E-state index is 12.4. The molecule has 7 heteroatoms. The summed E-state index contributed by atoms with van der Waals surface area (Å²) in [6.45, 7) is 5.47. The SMILES string of the molecule is Cc1[nH]c2ccccc2c1CC(=O)Nc1ccc(S(=O)(=O)NC(C)C)cc1. The minimum absolute atomic E-state index is 0.154. The fourth-order valence-corrected chi connectivity index (χ4v) is 4.28. The first-order chi connectivity index (χ1) is 12.8. The lowest BCUT2D eigenvalue weighted by molar-refractivity contribution is -0.115. The molecule has 0 saturated heterocycles. The quantitative estimate of drug-likeness (QED) is 0.608. The highest BCUT2D eigenvalue weighted by molar-refractivity contribution is 7.89. The zero-order chi connectivity index (χ0) is 19.6. The van der Waals surface area contributed by atoms with Gasteiger partial charge in [0.2, 0.25) is 15.9 Å². The van der Waals surface area contributed by atoms with E-state index in [2.05, 4.69) is 15.0 Å². The number of carbonyl (C=O) groups is 1. The Morgan fingerprint density at radius 1 is 1.07 bits per heavy atom. The minimum Gasteiger partial charge on any atom is -0.358 e. The molecule has 1 heterocycles. The van der Waals surface area contributed by atoms with Crippen LogP contribution in [-0.2, 0) is 21.2 Å². The van der Waals surface area contributed by atoms with Crippen LogP contribution in [0, 0.1) is 6.92 Å². The Hall–Kier alpha value is -2.64. The Labute approximate surface area is 159 Å². The highest BCUT2D eigenvalue weighted by Gasteiger charge is 2.16. The van der Waals surface area contributed by atoms with Gasteiger partial charge in [0.1, 0.15) is 0 Å². The van der Waals surface area contributed by atoms with Crippen molar-refractivity contribution in [1.82, 2.24) is 9.71 Å². The molecule has 0 bridgehead atoms. The molecule has 0 aliphatic rings. The van der Waals surface area contributed by atoms with Crippen molar-refractivity contribution in [1.29, 1.82) is 0 Å². The smallest absolute Gasteiger partial charge is 0.240 e. The lowest BCUT2D eigenvalue weighted by atomic mass is 10.1. The van der Waals surface area contributed by atoms with Gasteiger partial charge < -0.3 is 10.3 Å². The van der Waals surface area contributed by atoms with E-state index < -0.39 is 10.0 Å². The van der Waals surface area contributed by atoms with Crippen molar-refractivity contribution in [3.8, 4) is 0 Å². The number of nitrogens with one attached hydrogen (secondary N) is 3. The second-order valence-electron chi connectivity index (χ2n) is 6.80. The molecule has 6 nitrogen and oxygen atoms in total. The van der Waals surface area contributed by atoms with Gasteiger partial charge in [0.05, 0.1) is 11.3 Å². The maximum Gasteiger partial charge on any atom is 0.240 e. The first kappa shape index (κ1) is 19.1. The molecule has 3 aromatic rings. The number of rotatable bonds is 6. The third-order valence-electron chi connectivity index (χ3n) is 4.20. The fourth-order valence-electron chi connectivity index (χ4n) is 3.02. The van der Waals surface area contributed by atoms with Crippen LogP contribution in [0.25, 0.3) is 10.9 Å². The molecule has 0 radical (unpaired) electrons. The molecule has 1 aromatic heterocycles. The monoisotopic (exact) mass is 385 g/mol. The zero-order valence-electron chi connectivity index (χ0n) is 15.5. The Bertz CT molecular complexity index is 1070. The molecule has 0 aliphatic carbocycles. The van der Waals surface area contributed by atoms with Crippen molar-refractivity contribution in [2.45, 2.75) is 38.1 Å². The first-order valence-corrected chi connectivity index (χ1v) is 10.2. The van der Waals surface area contributed by atoms with E-state index in [1.54, 1.807) is 26.0 Å². The van der Waals surface area contributed by atoms with Crippen molar-refractivity contribution >= 4 is 32.5 Å². The molecular formula is C20H23N3O3S. The lowest BCUT2D eigenvalue weighted by Crippen LogP contribution is -2.30. The molecule has 0 spiro atoms.